The monoisotopic (exact) mass is 286 g/mol. The zero-order valence-electron chi connectivity index (χ0n) is 9.40. The van der Waals surface area contributed by atoms with Crippen molar-refractivity contribution in [1.82, 2.24) is 0 Å². The molecular weight excluding hydrogens is 272 g/mol. The van der Waals surface area contributed by atoms with Gasteiger partial charge in [0.1, 0.15) is 12.4 Å². The zero-order chi connectivity index (χ0) is 12.0. The Kier molecular flexibility index (Phi) is 5.32. The number of carbonyl (C=O) groups is 1. The molecule has 1 aromatic carbocycles. The number of carbonyl (C=O) groups excluding carboxylic acids is 1. The van der Waals surface area contributed by atoms with Gasteiger partial charge in [0.05, 0.1) is 13.0 Å². The zero-order valence-corrected chi connectivity index (χ0v) is 11.0. The number of benzene rings is 1. The van der Waals surface area contributed by atoms with E-state index < -0.39 is 0 Å². The standard InChI is InChI=1S/C12H15BrO3/c1-3-9(12(14)15-2)8-16-11-6-4-10(13)5-7-11/h4-7,9H,3,8H2,1-2H3. The minimum Gasteiger partial charge on any atom is -0.493 e. The number of hydrogen-bond acceptors (Lipinski definition) is 3. The van der Waals surface area contributed by atoms with E-state index in [2.05, 4.69) is 20.7 Å². The Morgan fingerprint density at radius 1 is 1.38 bits per heavy atom. The van der Waals surface area contributed by atoms with Gasteiger partial charge in [-0.05, 0) is 30.7 Å². The summed E-state index contributed by atoms with van der Waals surface area (Å²) in [6.07, 6.45) is 0.712. The highest BCUT2D eigenvalue weighted by atomic mass is 79.9. The Labute approximate surface area is 104 Å². The van der Waals surface area contributed by atoms with Gasteiger partial charge in [0.2, 0.25) is 0 Å². The van der Waals surface area contributed by atoms with Crippen molar-refractivity contribution in [2.24, 2.45) is 5.92 Å². The van der Waals surface area contributed by atoms with Crippen LogP contribution in [-0.4, -0.2) is 19.7 Å². The molecule has 0 saturated heterocycles. The highest BCUT2D eigenvalue weighted by Gasteiger charge is 2.17. The summed E-state index contributed by atoms with van der Waals surface area (Å²) < 4.78 is 11.2. The molecule has 1 rings (SSSR count). The van der Waals surface area contributed by atoms with Crippen molar-refractivity contribution in [2.45, 2.75) is 13.3 Å². The molecule has 0 aromatic heterocycles. The topological polar surface area (TPSA) is 35.5 Å². The molecule has 0 amide bonds. The van der Waals surface area contributed by atoms with Crippen molar-refractivity contribution in [3.63, 3.8) is 0 Å². The van der Waals surface area contributed by atoms with E-state index in [0.717, 1.165) is 10.2 Å². The van der Waals surface area contributed by atoms with Gasteiger partial charge in [0.15, 0.2) is 0 Å². The van der Waals surface area contributed by atoms with E-state index in [1.54, 1.807) is 0 Å². The minimum atomic E-state index is -0.223. The van der Waals surface area contributed by atoms with Crippen LogP contribution in [0.15, 0.2) is 28.7 Å². The molecule has 16 heavy (non-hydrogen) atoms. The van der Waals surface area contributed by atoms with Gasteiger partial charge in [-0.2, -0.15) is 0 Å². The molecule has 4 heteroatoms. The Morgan fingerprint density at radius 2 is 2.00 bits per heavy atom. The van der Waals surface area contributed by atoms with Gasteiger partial charge >= 0.3 is 5.97 Å². The summed E-state index contributed by atoms with van der Waals surface area (Å²) in [7, 11) is 1.39. The quantitative estimate of drug-likeness (QED) is 0.781. The fourth-order valence-electron chi connectivity index (χ4n) is 1.25. The van der Waals surface area contributed by atoms with Crippen LogP contribution in [0, 0.1) is 5.92 Å². The lowest BCUT2D eigenvalue weighted by Crippen LogP contribution is -2.22. The van der Waals surface area contributed by atoms with E-state index in [0.29, 0.717) is 13.0 Å². The first-order valence-corrected chi connectivity index (χ1v) is 5.92. The second-order valence-corrected chi connectivity index (χ2v) is 4.31. The molecule has 0 heterocycles. The summed E-state index contributed by atoms with van der Waals surface area (Å²) in [6.45, 7) is 2.29. The second kappa shape index (κ2) is 6.53. The van der Waals surface area contributed by atoms with E-state index >= 15 is 0 Å². The maximum Gasteiger partial charge on any atom is 0.312 e. The molecular formula is C12H15BrO3. The average molecular weight is 287 g/mol. The minimum absolute atomic E-state index is 0.200. The summed E-state index contributed by atoms with van der Waals surface area (Å²) in [5.74, 6) is 0.332. The van der Waals surface area contributed by atoms with Crippen molar-refractivity contribution in [3.8, 4) is 5.75 Å². The summed E-state index contributed by atoms with van der Waals surface area (Å²) >= 11 is 3.34. The number of esters is 1. The van der Waals surface area contributed by atoms with Crippen molar-refractivity contribution >= 4 is 21.9 Å². The summed E-state index contributed by atoms with van der Waals surface area (Å²) in [4.78, 5) is 11.3. The molecule has 1 aromatic rings. The second-order valence-electron chi connectivity index (χ2n) is 3.39. The van der Waals surface area contributed by atoms with Crippen molar-refractivity contribution in [1.29, 1.82) is 0 Å². The van der Waals surface area contributed by atoms with Crippen LogP contribution >= 0.6 is 15.9 Å². The molecule has 0 bridgehead atoms. The smallest absolute Gasteiger partial charge is 0.312 e. The fourth-order valence-corrected chi connectivity index (χ4v) is 1.51. The van der Waals surface area contributed by atoms with E-state index in [9.17, 15) is 4.79 Å². The maximum absolute atomic E-state index is 11.3. The summed E-state index contributed by atoms with van der Waals surface area (Å²) in [5.41, 5.74) is 0. The third-order valence-electron chi connectivity index (χ3n) is 2.29. The molecule has 1 unspecified atom stereocenters. The molecule has 0 radical (unpaired) electrons. The van der Waals surface area contributed by atoms with Gasteiger partial charge in [-0.15, -0.1) is 0 Å². The lowest BCUT2D eigenvalue weighted by molar-refractivity contribution is -0.146. The number of rotatable bonds is 5. The lowest BCUT2D eigenvalue weighted by Gasteiger charge is -2.13. The molecule has 0 fully saturated rings. The lowest BCUT2D eigenvalue weighted by atomic mass is 10.1. The molecule has 0 aliphatic rings. The maximum atomic E-state index is 11.3. The molecule has 3 nitrogen and oxygen atoms in total. The van der Waals surface area contributed by atoms with E-state index in [1.165, 1.54) is 7.11 Å². The largest absolute Gasteiger partial charge is 0.493 e. The van der Waals surface area contributed by atoms with Gasteiger partial charge in [-0.1, -0.05) is 22.9 Å². The van der Waals surface area contributed by atoms with Crippen LogP contribution < -0.4 is 4.74 Å². The van der Waals surface area contributed by atoms with Crippen molar-refractivity contribution in [2.75, 3.05) is 13.7 Å². The molecule has 88 valence electrons. The van der Waals surface area contributed by atoms with E-state index in [-0.39, 0.29) is 11.9 Å². The fraction of sp³-hybridized carbons (Fsp3) is 0.417. The van der Waals surface area contributed by atoms with Crippen molar-refractivity contribution < 1.29 is 14.3 Å². The van der Waals surface area contributed by atoms with Crippen LogP contribution in [0.25, 0.3) is 0 Å². The van der Waals surface area contributed by atoms with E-state index in [1.807, 2.05) is 31.2 Å². The molecule has 0 N–H and O–H groups in total. The first-order valence-electron chi connectivity index (χ1n) is 5.13. The average Bonchev–Trinajstić information content (AvgIpc) is 2.31. The van der Waals surface area contributed by atoms with Gasteiger partial charge in [-0.25, -0.2) is 0 Å². The summed E-state index contributed by atoms with van der Waals surface area (Å²) in [6, 6.07) is 7.50. The number of halogens is 1. The number of ether oxygens (including phenoxy) is 2. The normalized spacial score (nSPS) is 11.9. The van der Waals surface area contributed by atoms with Crippen molar-refractivity contribution in [3.05, 3.63) is 28.7 Å². The molecule has 0 aliphatic carbocycles. The van der Waals surface area contributed by atoms with Crippen LogP contribution in [-0.2, 0) is 9.53 Å². The Bertz CT molecular complexity index is 335. The predicted octanol–water partition coefficient (Wildman–Crippen LogP) is 3.03. The van der Waals surface area contributed by atoms with Gasteiger partial charge < -0.3 is 9.47 Å². The third kappa shape index (κ3) is 3.85. The highest BCUT2D eigenvalue weighted by Crippen LogP contribution is 2.17. The van der Waals surface area contributed by atoms with Crippen LogP contribution in [0.1, 0.15) is 13.3 Å². The van der Waals surface area contributed by atoms with Crippen LogP contribution in [0.2, 0.25) is 0 Å². The predicted molar refractivity (Wildman–Crippen MR) is 65.4 cm³/mol. The Balaban J connectivity index is 2.49. The van der Waals surface area contributed by atoms with Gasteiger partial charge in [-0.3, -0.25) is 4.79 Å². The van der Waals surface area contributed by atoms with Crippen LogP contribution in [0.3, 0.4) is 0 Å². The first kappa shape index (κ1) is 13.0. The van der Waals surface area contributed by atoms with E-state index in [4.69, 9.17) is 4.74 Å². The summed E-state index contributed by atoms with van der Waals surface area (Å²) in [5, 5.41) is 0. The highest BCUT2D eigenvalue weighted by molar-refractivity contribution is 9.10. The molecule has 1 atom stereocenters. The number of hydrogen-bond donors (Lipinski definition) is 0. The molecule has 0 aliphatic heterocycles. The SMILES string of the molecule is CCC(COc1ccc(Br)cc1)C(=O)OC. The van der Waals surface area contributed by atoms with Crippen LogP contribution in [0.5, 0.6) is 5.75 Å². The Morgan fingerprint density at radius 3 is 2.50 bits per heavy atom. The molecule has 0 spiro atoms. The number of methoxy groups -OCH3 is 1. The van der Waals surface area contributed by atoms with Gasteiger partial charge in [0.25, 0.3) is 0 Å². The first-order chi connectivity index (χ1) is 7.67. The van der Waals surface area contributed by atoms with Crippen LogP contribution in [0.4, 0.5) is 0 Å². The molecule has 0 saturated carbocycles. The van der Waals surface area contributed by atoms with Gasteiger partial charge in [0, 0.05) is 4.47 Å². The Hall–Kier alpha value is -1.03. The third-order valence-corrected chi connectivity index (χ3v) is 2.82.